The molecule has 0 radical (unpaired) electrons. The van der Waals surface area contributed by atoms with Crippen LogP contribution in [0.2, 0.25) is 0 Å². The van der Waals surface area contributed by atoms with Gasteiger partial charge in [-0.05, 0) is 31.8 Å². The summed E-state index contributed by atoms with van der Waals surface area (Å²) in [5.41, 5.74) is 9.08. The van der Waals surface area contributed by atoms with Gasteiger partial charge < -0.3 is 11.1 Å². The summed E-state index contributed by atoms with van der Waals surface area (Å²) in [6, 6.07) is 1.07. The second kappa shape index (κ2) is 7.78. The number of allylic oxidation sites excluding steroid dienone is 4. The molecule has 2 fully saturated rings. The summed E-state index contributed by atoms with van der Waals surface area (Å²) in [6.07, 6.45) is 11.0. The molecule has 2 saturated heterocycles. The lowest BCUT2D eigenvalue weighted by Crippen LogP contribution is -2.58. The molecule has 0 bridgehead atoms. The molecule has 0 saturated carbocycles. The Kier molecular flexibility index (Phi) is 5.22. The number of likely N-dealkylation sites (tertiary alicyclic amines) is 1. The average molecular weight is 368 g/mol. The molecule has 2 aromatic rings. The topological polar surface area (TPSA) is 84.9 Å². The maximum absolute atomic E-state index is 6.25. The number of rotatable bonds is 5. The lowest BCUT2D eigenvalue weighted by molar-refractivity contribution is 0.0989. The Morgan fingerprint density at radius 1 is 1.26 bits per heavy atom. The zero-order chi connectivity index (χ0) is 18.8. The van der Waals surface area contributed by atoms with Gasteiger partial charge in [0.1, 0.15) is 17.8 Å². The molecule has 2 aliphatic rings. The minimum atomic E-state index is 0.355. The number of nitrogens with two attached hydrogens (primary N) is 1. The molecule has 0 aliphatic carbocycles. The van der Waals surface area contributed by atoms with Gasteiger partial charge in [-0.2, -0.15) is 5.10 Å². The highest BCUT2D eigenvalue weighted by molar-refractivity contribution is 5.97. The SMILES string of the molecule is C/C=C\C(=C/CC)c1nn(C2CCN(C3CNC3)CC2)c2ncnc(N)c12. The first-order valence-corrected chi connectivity index (χ1v) is 9.99. The number of anilines is 1. The van der Waals surface area contributed by atoms with Gasteiger partial charge in [-0.25, -0.2) is 14.6 Å². The van der Waals surface area contributed by atoms with Gasteiger partial charge in [0.25, 0.3) is 0 Å². The van der Waals surface area contributed by atoms with Crippen molar-refractivity contribution >= 4 is 22.4 Å². The van der Waals surface area contributed by atoms with Crippen molar-refractivity contribution in [3.8, 4) is 0 Å². The van der Waals surface area contributed by atoms with Crippen molar-refractivity contribution in [1.29, 1.82) is 0 Å². The molecule has 0 unspecified atom stereocenters. The van der Waals surface area contributed by atoms with Crippen molar-refractivity contribution < 1.29 is 0 Å². The van der Waals surface area contributed by atoms with E-state index in [0.29, 0.717) is 17.9 Å². The maximum atomic E-state index is 6.25. The zero-order valence-electron chi connectivity index (χ0n) is 16.2. The van der Waals surface area contributed by atoms with Crippen molar-refractivity contribution in [2.45, 2.75) is 45.2 Å². The standard InChI is InChI=1S/C20H29N7/c1-3-5-14(6-4-2)18-17-19(21)23-13-24-20(17)27(25-18)15-7-9-26(10-8-15)16-11-22-12-16/h3,5-6,13,15-16,22H,4,7-12H2,1-2H3,(H2,21,23,24)/b5-3-,14-6+. The molecule has 7 heteroatoms. The van der Waals surface area contributed by atoms with Gasteiger partial charge in [0.05, 0.1) is 11.4 Å². The van der Waals surface area contributed by atoms with Gasteiger partial charge >= 0.3 is 0 Å². The third-order valence-electron chi connectivity index (χ3n) is 5.68. The van der Waals surface area contributed by atoms with E-state index in [2.05, 4.69) is 43.9 Å². The number of fused-ring (bicyclic) bond motifs is 1. The van der Waals surface area contributed by atoms with Crippen LogP contribution >= 0.6 is 0 Å². The number of hydrogen-bond acceptors (Lipinski definition) is 6. The Balaban J connectivity index is 1.69. The van der Waals surface area contributed by atoms with Gasteiger partial charge in [-0.15, -0.1) is 0 Å². The quantitative estimate of drug-likeness (QED) is 0.790. The maximum Gasteiger partial charge on any atom is 0.164 e. The van der Waals surface area contributed by atoms with Gasteiger partial charge in [0.15, 0.2) is 5.65 Å². The van der Waals surface area contributed by atoms with E-state index in [9.17, 15) is 0 Å². The van der Waals surface area contributed by atoms with Crippen molar-refractivity contribution in [1.82, 2.24) is 30.0 Å². The van der Waals surface area contributed by atoms with Crippen LogP contribution in [0.25, 0.3) is 16.6 Å². The molecule has 0 atom stereocenters. The van der Waals surface area contributed by atoms with E-state index >= 15 is 0 Å². The van der Waals surface area contributed by atoms with E-state index in [1.807, 2.05) is 13.0 Å². The minimum Gasteiger partial charge on any atom is -0.383 e. The number of nitrogens with one attached hydrogen (secondary N) is 1. The molecule has 2 aromatic heterocycles. The van der Waals surface area contributed by atoms with Crippen LogP contribution < -0.4 is 11.1 Å². The molecule has 7 nitrogen and oxygen atoms in total. The first-order valence-electron chi connectivity index (χ1n) is 9.99. The fraction of sp³-hybridized carbons (Fsp3) is 0.550. The third-order valence-corrected chi connectivity index (χ3v) is 5.68. The Labute approximate surface area is 160 Å². The highest BCUT2D eigenvalue weighted by Crippen LogP contribution is 2.33. The zero-order valence-corrected chi connectivity index (χ0v) is 16.2. The summed E-state index contributed by atoms with van der Waals surface area (Å²) < 4.78 is 2.10. The molecule has 27 heavy (non-hydrogen) atoms. The summed E-state index contributed by atoms with van der Waals surface area (Å²) in [5, 5.41) is 9.24. The number of piperidine rings is 1. The van der Waals surface area contributed by atoms with Crippen LogP contribution in [0.5, 0.6) is 0 Å². The fourth-order valence-electron chi connectivity index (χ4n) is 4.12. The molecule has 4 rings (SSSR count). The number of nitrogens with zero attached hydrogens (tertiary/aromatic N) is 5. The van der Waals surface area contributed by atoms with Gasteiger partial charge in [-0.1, -0.05) is 25.2 Å². The average Bonchev–Trinajstić information content (AvgIpc) is 3.02. The van der Waals surface area contributed by atoms with Crippen LogP contribution in [-0.4, -0.2) is 56.9 Å². The van der Waals surface area contributed by atoms with Crippen LogP contribution in [0.15, 0.2) is 24.6 Å². The molecular formula is C20H29N7. The predicted molar refractivity (Wildman–Crippen MR) is 109 cm³/mol. The largest absolute Gasteiger partial charge is 0.383 e. The lowest BCUT2D eigenvalue weighted by atomic mass is 10.0. The van der Waals surface area contributed by atoms with E-state index in [1.165, 1.54) is 0 Å². The minimum absolute atomic E-state index is 0.355. The molecule has 2 aliphatic heterocycles. The Bertz CT molecular complexity index is 855. The van der Waals surface area contributed by atoms with Crippen molar-refractivity contribution in [3.63, 3.8) is 0 Å². The molecular weight excluding hydrogens is 338 g/mol. The number of aromatic nitrogens is 4. The van der Waals surface area contributed by atoms with Crippen LogP contribution in [0.3, 0.4) is 0 Å². The first kappa shape index (κ1) is 18.1. The molecule has 144 valence electrons. The third kappa shape index (κ3) is 3.37. The van der Waals surface area contributed by atoms with Crippen LogP contribution in [-0.2, 0) is 0 Å². The van der Waals surface area contributed by atoms with Crippen LogP contribution in [0.1, 0.15) is 44.8 Å². The van der Waals surface area contributed by atoms with Crippen molar-refractivity contribution in [2.75, 3.05) is 31.9 Å². The van der Waals surface area contributed by atoms with E-state index in [0.717, 1.165) is 67.7 Å². The predicted octanol–water partition coefficient (Wildman–Crippen LogP) is 2.39. The highest BCUT2D eigenvalue weighted by atomic mass is 15.3. The molecule has 0 amide bonds. The highest BCUT2D eigenvalue weighted by Gasteiger charge is 2.31. The molecule has 0 spiro atoms. The summed E-state index contributed by atoms with van der Waals surface area (Å²) in [4.78, 5) is 11.4. The summed E-state index contributed by atoms with van der Waals surface area (Å²) in [7, 11) is 0. The van der Waals surface area contributed by atoms with Gasteiger partial charge in [0, 0.05) is 32.2 Å². The Morgan fingerprint density at radius 2 is 2.04 bits per heavy atom. The molecule has 3 N–H and O–H groups in total. The number of nitrogen functional groups attached to an aromatic ring is 1. The van der Waals surface area contributed by atoms with E-state index < -0.39 is 0 Å². The Hall–Kier alpha value is -2.25. The Morgan fingerprint density at radius 3 is 2.67 bits per heavy atom. The lowest BCUT2D eigenvalue weighted by Gasteiger charge is -2.42. The van der Waals surface area contributed by atoms with Crippen molar-refractivity contribution in [2.24, 2.45) is 0 Å². The summed E-state index contributed by atoms with van der Waals surface area (Å²) in [5.74, 6) is 0.505. The van der Waals surface area contributed by atoms with Crippen molar-refractivity contribution in [3.05, 3.63) is 30.2 Å². The monoisotopic (exact) mass is 367 g/mol. The van der Waals surface area contributed by atoms with Crippen LogP contribution in [0, 0.1) is 0 Å². The summed E-state index contributed by atoms with van der Waals surface area (Å²) in [6.45, 7) is 8.62. The second-order valence-electron chi connectivity index (χ2n) is 7.40. The van der Waals surface area contributed by atoms with E-state index in [-0.39, 0.29) is 0 Å². The fourth-order valence-corrected chi connectivity index (χ4v) is 4.12. The first-order chi connectivity index (χ1) is 13.2. The summed E-state index contributed by atoms with van der Waals surface area (Å²) >= 11 is 0. The van der Waals surface area contributed by atoms with E-state index in [1.54, 1.807) is 6.33 Å². The molecule has 0 aromatic carbocycles. The van der Waals surface area contributed by atoms with Crippen LogP contribution in [0.4, 0.5) is 5.82 Å². The second-order valence-corrected chi connectivity index (χ2v) is 7.40. The van der Waals surface area contributed by atoms with E-state index in [4.69, 9.17) is 10.8 Å². The number of hydrogen-bond donors (Lipinski definition) is 2. The normalized spacial score (nSPS) is 20.6. The smallest absolute Gasteiger partial charge is 0.164 e. The van der Waals surface area contributed by atoms with Gasteiger partial charge in [0.2, 0.25) is 0 Å². The van der Waals surface area contributed by atoms with Gasteiger partial charge in [-0.3, -0.25) is 4.90 Å². The molecule has 4 heterocycles.